The zero-order chi connectivity index (χ0) is 20.1. The molecule has 0 aliphatic carbocycles. The molecule has 2 fully saturated rings. The van der Waals surface area contributed by atoms with Gasteiger partial charge in [0.25, 0.3) is 5.56 Å². The van der Waals surface area contributed by atoms with E-state index in [2.05, 4.69) is 24.8 Å². The molecule has 0 unspecified atom stereocenters. The number of nitrogens with zero attached hydrogens (tertiary/aromatic N) is 7. The van der Waals surface area contributed by atoms with Gasteiger partial charge in [0.1, 0.15) is 11.2 Å². The molecular weight excluding hydrogens is 373 g/mol. The molecule has 0 atom stereocenters. The minimum absolute atomic E-state index is 0.0607. The van der Waals surface area contributed by atoms with E-state index in [1.165, 1.54) is 12.1 Å². The van der Waals surface area contributed by atoms with Crippen LogP contribution in [0.15, 0.2) is 35.3 Å². The molecule has 0 radical (unpaired) electrons. The summed E-state index contributed by atoms with van der Waals surface area (Å²) in [4.78, 5) is 24.2. The minimum Gasteiger partial charge on any atom is -0.369 e. The zero-order valence-corrected chi connectivity index (χ0v) is 16.6. The number of hydrogen-bond acceptors (Lipinski definition) is 6. The molecule has 2 aliphatic heterocycles. The lowest BCUT2D eigenvalue weighted by atomic mass is 10.1. The van der Waals surface area contributed by atoms with E-state index in [4.69, 9.17) is 0 Å². The van der Waals surface area contributed by atoms with Crippen molar-refractivity contribution in [2.45, 2.75) is 6.04 Å². The van der Waals surface area contributed by atoms with Crippen molar-refractivity contribution in [3.05, 3.63) is 46.6 Å². The molecule has 0 amide bonds. The van der Waals surface area contributed by atoms with E-state index in [0.29, 0.717) is 23.0 Å². The third-order valence-corrected chi connectivity index (χ3v) is 6.12. The van der Waals surface area contributed by atoms with Crippen LogP contribution in [0, 0.1) is 5.82 Å². The average molecular weight is 397 g/mol. The topological polar surface area (TPSA) is 62.4 Å². The van der Waals surface area contributed by atoms with Crippen molar-refractivity contribution < 1.29 is 4.39 Å². The molecular formula is C20H24FN7O. The Kier molecular flexibility index (Phi) is 4.27. The van der Waals surface area contributed by atoms with Crippen molar-refractivity contribution in [1.82, 2.24) is 24.2 Å². The van der Waals surface area contributed by atoms with Gasteiger partial charge in [0, 0.05) is 65.1 Å². The van der Waals surface area contributed by atoms with Crippen molar-refractivity contribution in [1.29, 1.82) is 0 Å². The number of benzene rings is 1. The van der Waals surface area contributed by atoms with Gasteiger partial charge >= 0.3 is 0 Å². The molecule has 0 bridgehead atoms. The predicted molar refractivity (Wildman–Crippen MR) is 110 cm³/mol. The second kappa shape index (κ2) is 6.84. The molecule has 0 N–H and O–H groups in total. The van der Waals surface area contributed by atoms with Crippen molar-refractivity contribution in [3.8, 4) is 0 Å². The molecule has 9 heteroatoms. The molecule has 4 heterocycles. The Morgan fingerprint density at radius 2 is 1.69 bits per heavy atom. The number of aromatic nitrogens is 4. The van der Waals surface area contributed by atoms with Crippen molar-refractivity contribution in [2.75, 3.05) is 49.1 Å². The van der Waals surface area contributed by atoms with Crippen LogP contribution in [0.1, 0.15) is 0 Å². The quantitative estimate of drug-likeness (QED) is 0.652. The van der Waals surface area contributed by atoms with E-state index in [1.54, 1.807) is 29.5 Å². The smallest absolute Gasteiger partial charge is 0.265 e. The normalized spacial score (nSPS) is 18.4. The van der Waals surface area contributed by atoms with Gasteiger partial charge in [-0.25, -0.2) is 4.39 Å². The molecule has 2 saturated heterocycles. The second-order valence-corrected chi connectivity index (χ2v) is 7.84. The van der Waals surface area contributed by atoms with Gasteiger partial charge in [-0.15, -0.1) is 0 Å². The third-order valence-electron chi connectivity index (χ3n) is 6.12. The Hall–Kier alpha value is -2.94. The Labute approximate surface area is 167 Å². The fraction of sp³-hybridized carbons (Fsp3) is 0.450. The first kappa shape index (κ1) is 18.1. The first-order valence-electron chi connectivity index (χ1n) is 9.89. The summed E-state index contributed by atoms with van der Waals surface area (Å²) < 4.78 is 16.4. The van der Waals surface area contributed by atoms with Gasteiger partial charge in [0.15, 0.2) is 5.65 Å². The minimum atomic E-state index is -0.200. The summed E-state index contributed by atoms with van der Waals surface area (Å²) in [5.41, 5.74) is 1.64. The highest BCUT2D eigenvalue weighted by molar-refractivity contribution is 5.74. The average Bonchev–Trinajstić information content (AvgIpc) is 3.06. The molecule has 1 aromatic carbocycles. The van der Waals surface area contributed by atoms with Crippen LogP contribution in [0.5, 0.6) is 0 Å². The highest BCUT2D eigenvalue weighted by atomic mass is 19.1. The predicted octanol–water partition coefficient (Wildman–Crippen LogP) is 0.817. The molecule has 3 aromatic rings. The Bertz CT molecular complexity index is 1090. The number of fused-ring (bicyclic) bond motifs is 1. The van der Waals surface area contributed by atoms with Crippen LogP contribution < -0.4 is 15.4 Å². The Morgan fingerprint density at radius 3 is 2.38 bits per heavy atom. The maximum atomic E-state index is 13.1. The van der Waals surface area contributed by atoms with Gasteiger partial charge in [0.05, 0.1) is 6.20 Å². The Balaban J connectivity index is 1.23. The standard InChI is InChI=1S/C20H24FN7O/c1-24-19(29)17-11-22-25(2)18(17)23-20(24)28-12-16(13-28)27-9-7-26(8-10-27)15-5-3-14(21)4-6-15/h3-6,11,16H,7-10,12-13H2,1-2H3. The summed E-state index contributed by atoms with van der Waals surface area (Å²) in [6.07, 6.45) is 1.58. The van der Waals surface area contributed by atoms with Gasteiger partial charge < -0.3 is 9.80 Å². The SMILES string of the molecule is Cn1c(N2CC(N3CCN(c4ccc(F)cc4)CC3)C2)nc2c(cnn2C)c1=O. The van der Waals surface area contributed by atoms with E-state index >= 15 is 0 Å². The summed E-state index contributed by atoms with van der Waals surface area (Å²) in [5.74, 6) is 0.501. The molecule has 0 saturated carbocycles. The lowest BCUT2D eigenvalue weighted by Crippen LogP contribution is -2.64. The highest BCUT2D eigenvalue weighted by Gasteiger charge is 2.35. The summed E-state index contributed by atoms with van der Waals surface area (Å²) in [6, 6.07) is 7.18. The van der Waals surface area contributed by atoms with Crippen LogP contribution in [0.25, 0.3) is 11.0 Å². The summed E-state index contributed by atoms with van der Waals surface area (Å²) in [6.45, 7) is 5.53. The summed E-state index contributed by atoms with van der Waals surface area (Å²) >= 11 is 0. The summed E-state index contributed by atoms with van der Waals surface area (Å²) in [7, 11) is 3.57. The summed E-state index contributed by atoms with van der Waals surface area (Å²) in [5, 5.41) is 4.70. The fourth-order valence-corrected chi connectivity index (χ4v) is 4.29. The number of anilines is 2. The van der Waals surface area contributed by atoms with Crippen LogP contribution in [0.4, 0.5) is 16.0 Å². The number of halogens is 1. The fourth-order valence-electron chi connectivity index (χ4n) is 4.29. The first-order chi connectivity index (χ1) is 14.0. The van der Waals surface area contributed by atoms with Crippen molar-refractivity contribution in [2.24, 2.45) is 14.1 Å². The molecule has 29 heavy (non-hydrogen) atoms. The second-order valence-electron chi connectivity index (χ2n) is 7.84. The van der Waals surface area contributed by atoms with Crippen LogP contribution in [0.3, 0.4) is 0 Å². The van der Waals surface area contributed by atoms with E-state index < -0.39 is 0 Å². The van der Waals surface area contributed by atoms with E-state index in [1.807, 2.05) is 12.1 Å². The molecule has 8 nitrogen and oxygen atoms in total. The number of piperazine rings is 1. The molecule has 0 spiro atoms. The maximum absolute atomic E-state index is 13.1. The lowest BCUT2D eigenvalue weighted by Gasteiger charge is -2.48. The maximum Gasteiger partial charge on any atom is 0.265 e. The van der Waals surface area contributed by atoms with Crippen LogP contribution >= 0.6 is 0 Å². The number of aryl methyl sites for hydroxylation is 1. The zero-order valence-electron chi connectivity index (χ0n) is 16.6. The lowest BCUT2D eigenvalue weighted by molar-refractivity contribution is 0.155. The van der Waals surface area contributed by atoms with E-state index in [0.717, 1.165) is 45.0 Å². The molecule has 2 aromatic heterocycles. The molecule has 5 rings (SSSR count). The highest BCUT2D eigenvalue weighted by Crippen LogP contribution is 2.24. The van der Waals surface area contributed by atoms with Gasteiger partial charge in [0.2, 0.25) is 5.95 Å². The van der Waals surface area contributed by atoms with Crippen LogP contribution in [-0.4, -0.2) is 69.5 Å². The first-order valence-corrected chi connectivity index (χ1v) is 9.89. The molecule has 2 aliphatic rings. The van der Waals surface area contributed by atoms with Crippen molar-refractivity contribution in [3.63, 3.8) is 0 Å². The van der Waals surface area contributed by atoms with Gasteiger partial charge in [-0.1, -0.05) is 0 Å². The van der Waals surface area contributed by atoms with Gasteiger partial charge in [-0.2, -0.15) is 10.1 Å². The monoisotopic (exact) mass is 397 g/mol. The van der Waals surface area contributed by atoms with Gasteiger partial charge in [-0.05, 0) is 24.3 Å². The number of hydrogen-bond donors (Lipinski definition) is 0. The number of rotatable bonds is 3. The third kappa shape index (κ3) is 3.05. The van der Waals surface area contributed by atoms with Crippen LogP contribution in [0.2, 0.25) is 0 Å². The Morgan fingerprint density at radius 1 is 1.00 bits per heavy atom. The van der Waals surface area contributed by atoms with Crippen LogP contribution in [-0.2, 0) is 14.1 Å². The van der Waals surface area contributed by atoms with Crippen molar-refractivity contribution >= 4 is 22.7 Å². The van der Waals surface area contributed by atoms with E-state index in [9.17, 15) is 9.18 Å². The van der Waals surface area contributed by atoms with Gasteiger partial charge in [-0.3, -0.25) is 18.9 Å². The molecule has 152 valence electrons. The van der Waals surface area contributed by atoms with E-state index in [-0.39, 0.29) is 11.4 Å². The largest absolute Gasteiger partial charge is 0.369 e.